The highest BCUT2D eigenvalue weighted by molar-refractivity contribution is 5.81. The molecule has 0 unspecified atom stereocenters. The van der Waals surface area contributed by atoms with Gasteiger partial charge in [0.05, 0.1) is 6.04 Å². The van der Waals surface area contributed by atoms with E-state index in [-0.39, 0.29) is 17.8 Å². The number of aromatic nitrogens is 2. The summed E-state index contributed by atoms with van der Waals surface area (Å²) in [5.41, 5.74) is 2.17. The summed E-state index contributed by atoms with van der Waals surface area (Å²) in [4.78, 5) is 14.7. The number of likely N-dealkylation sites (tertiary alicyclic amines) is 1. The van der Waals surface area contributed by atoms with Crippen molar-refractivity contribution in [3.63, 3.8) is 0 Å². The second-order valence-electron chi connectivity index (χ2n) is 6.69. The number of hydrogen-bond acceptors (Lipinski definition) is 3. The third-order valence-corrected chi connectivity index (χ3v) is 4.97. The lowest BCUT2D eigenvalue weighted by molar-refractivity contribution is -0.126. The Morgan fingerprint density at radius 3 is 2.92 bits per heavy atom. The van der Waals surface area contributed by atoms with Gasteiger partial charge in [-0.1, -0.05) is 12.1 Å². The van der Waals surface area contributed by atoms with Gasteiger partial charge in [-0.05, 0) is 56.5 Å². The molecule has 1 amide bonds. The number of piperidine rings is 1. The molecule has 1 aromatic carbocycles. The first-order chi connectivity index (χ1) is 12.1. The fourth-order valence-corrected chi connectivity index (χ4v) is 3.40. The first kappa shape index (κ1) is 17.6. The van der Waals surface area contributed by atoms with E-state index in [1.54, 1.807) is 18.3 Å². The minimum absolute atomic E-state index is 0.0485. The maximum atomic E-state index is 12.9. The van der Waals surface area contributed by atoms with Crippen molar-refractivity contribution in [2.24, 2.45) is 0 Å². The lowest BCUT2D eigenvalue weighted by atomic mass is 9.94. The largest absolute Gasteiger partial charge is 0.354 e. The molecule has 2 heterocycles. The average Bonchev–Trinajstić information content (AvgIpc) is 3.17. The average molecular weight is 344 g/mol. The zero-order chi connectivity index (χ0) is 17.6. The van der Waals surface area contributed by atoms with E-state index in [0.717, 1.165) is 37.2 Å². The molecule has 0 spiro atoms. The van der Waals surface area contributed by atoms with Crippen LogP contribution in [-0.2, 0) is 11.2 Å². The van der Waals surface area contributed by atoms with Crippen molar-refractivity contribution in [1.29, 1.82) is 0 Å². The normalized spacial score (nSPS) is 19.5. The highest BCUT2D eigenvalue weighted by Gasteiger charge is 2.28. The molecular formula is C19H25FN4O. The molecule has 1 saturated heterocycles. The summed E-state index contributed by atoms with van der Waals surface area (Å²) in [7, 11) is 0. The van der Waals surface area contributed by atoms with Gasteiger partial charge in [0.2, 0.25) is 5.91 Å². The van der Waals surface area contributed by atoms with Crippen molar-refractivity contribution in [1.82, 2.24) is 20.4 Å². The van der Waals surface area contributed by atoms with Crippen LogP contribution in [-0.4, -0.2) is 46.7 Å². The highest BCUT2D eigenvalue weighted by Crippen LogP contribution is 2.26. The van der Waals surface area contributed by atoms with Gasteiger partial charge in [-0.2, -0.15) is 5.10 Å². The topological polar surface area (TPSA) is 61.0 Å². The quantitative estimate of drug-likeness (QED) is 0.846. The third-order valence-electron chi connectivity index (χ3n) is 4.97. The van der Waals surface area contributed by atoms with Crippen molar-refractivity contribution in [2.45, 2.75) is 38.1 Å². The number of hydrogen-bond donors (Lipinski definition) is 2. The summed E-state index contributed by atoms with van der Waals surface area (Å²) >= 11 is 0. The lowest BCUT2D eigenvalue weighted by Gasteiger charge is -2.35. The summed E-state index contributed by atoms with van der Waals surface area (Å²) in [5.74, 6) is 0.219. The Hall–Kier alpha value is -2.21. The Balaban J connectivity index is 1.47. The third kappa shape index (κ3) is 4.66. The van der Waals surface area contributed by atoms with Crippen molar-refractivity contribution in [3.8, 4) is 0 Å². The second kappa shape index (κ2) is 8.25. The van der Waals surface area contributed by atoms with Crippen LogP contribution in [0.5, 0.6) is 0 Å². The van der Waals surface area contributed by atoms with Crippen LogP contribution in [0.25, 0.3) is 0 Å². The maximum Gasteiger partial charge on any atom is 0.237 e. The maximum absolute atomic E-state index is 12.9. The number of carbonyl (C=O) groups excluding carboxylic acids is 1. The standard InChI is InChI=1S/C19H25FN4O/c1-14(19(25)21-10-8-15-4-6-17(20)7-5-15)24-12-2-3-16(13-24)18-9-11-22-23-18/h4-7,9,11,14,16H,2-3,8,10,12-13H2,1H3,(H,21,25)(H,22,23)/t14-,16-/m0/s1. The predicted octanol–water partition coefficient (Wildman–Crippen LogP) is 2.48. The molecule has 2 atom stereocenters. The van der Waals surface area contributed by atoms with Crippen LogP contribution in [0.1, 0.15) is 36.9 Å². The van der Waals surface area contributed by atoms with E-state index in [9.17, 15) is 9.18 Å². The molecule has 1 aromatic heterocycles. The van der Waals surface area contributed by atoms with Crippen LogP contribution < -0.4 is 5.32 Å². The van der Waals surface area contributed by atoms with Crippen molar-refractivity contribution in [2.75, 3.05) is 19.6 Å². The summed E-state index contributed by atoms with van der Waals surface area (Å²) in [6.07, 6.45) is 4.68. The van der Waals surface area contributed by atoms with Crippen molar-refractivity contribution < 1.29 is 9.18 Å². The molecule has 0 aliphatic carbocycles. The summed E-state index contributed by atoms with van der Waals surface area (Å²) in [5, 5.41) is 10.1. The molecule has 1 aliphatic heterocycles. The molecule has 0 radical (unpaired) electrons. The molecule has 1 fully saturated rings. The minimum Gasteiger partial charge on any atom is -0.354 e. The number of halogens is 1. The predicted molar refractivity (Wildman–Crippen MR) is 94.7 cm³/mol. The molecule has 3 rings (SSSR count). The van der Waals surface area contributed by atoms with Crippen LogP contribution in [0.15, 0.2) is 36.5 Å². The Morgan fingerprint density at radius 1 is 1.40 bits per heavy atom. The smallest absolute Gasteiger partial charge is 0.237 e. The fraction of sp³-hybridized carbons (Fsp3) is 0.474. The SMILES string of the molecule is C[C@@H](C(=O)NCCc1ccc(F)cc1)N1CCC[C@H](c2ccn[nH]2)C1. The van der Waals surface area contributed by atoms with Crippen LogP contribution in [0, 0.1) is 5.82 Å². The van der Waals surface area contributed by atoms with Crippen LogP contribution >= 0.6 is 0 Å². The van der Waals surface area contributed by atoms with E-state index in [0.29, 0.717) is 18.9 Å². The van der Waals surface area contributed by atoms with Gasteiger partial charge in [0.25, 0.3) is 0 Å². The summed E-state index contributed by atoms with van der Waals surface area (Å²) in [6, 6.07) is 8.27. The zero-order valence-corrected chi connectivity index (χ0v) is 14.5. The van der Waals surface area contributed by atoms with Crippen LogP contribution in [0.4, 0.5) is 4.39 Å². The van der Waals surface area contributed by atoms with Crippen molar-refractivity contribution >= 4 is 5.91 Å². The number of nitrogens with one attached hydrogen (secondary N) is 2. The molecule has 1 aliphatic rings. The lowest BCUT2D eigenvalue weighted by Crippen LogP contribution is -2.49. The monoisotopic (exact) mass is 344 g/mol. The second-order valence-corrected chi connectivity index (χ2v) is 6.69. The van der Waals surface area contributed by atoms with Gasteiger partial charge >= 0.3 is 0 Å². The minimum atomic E-state index is -0.238. The molecule has 0 saturated carbocycles. The number of amides is 1. The number of nitrogens with zero attached hydrogens (tertiary/aromatic N) is 2. The number of aromatic amines is 1. The molecule has 134 valence electrons. The van der Waals surface area contributed by atoms with Gasteiger partial charge in [0.1, 0.15) is 5.82 Å². The molecule has 2 aromatic rings. The Kier molecular flexibility index (Phi) is 5.81. The zero-order valence-electron chi connectivity index (χ0n) is 14.5. The fourth-order valence-electron chi connectivity index (χ4n) is 3.40. The first-order valence-electron chi connectivity index (χ1n) is 8.89. The van der Waals surface area contributed by atoms with E-state index in [1.807, 2.05) is 13.0 Å². The van der Waals surface area contributed by atoms with E-state index in [1.165, 1.54) is 12.1 Å². The summed E-state index contributed by atoms with van der Waals surface area (Å²) < 4.78 is 12.9. The number of benzene rings is 1. The van der Waals surface area contributed by atoms with E-state index < -0.39 is 0 Å². The van der Waals surface area contributed by atoms with Gasteiger partial charge in [-0.3, -0.25) is 14.8 Å². The van der Waals surface area contributed by atoms with Gasteiger partial charge in [0, 0.05) is 30.9 Å². The summed E-state index contributed by atoms with van der Waals surface area (Å²) in [6.45, 7) is 4.33. The van der Waals surface area contributed by atoms with Crippen LogP contribution in [0.2, 0.25) is 0 Å². The van der Waals surface area contributed by atoms with E-state index in [4.69, 9.17) is 0 Å². The van der Waals surface area contributed by atoms with Gasteiger partial charge in [-0.15, -0.1) is 0 Å². The Labute approximate surface area is 147 Å². The van der Waals surface area contributed by atoms with Crippen LogP contribution in [0.3, 0.4) is 0 Å². The molecular weight excluding hydrogens is 319 g/mol. The first-order valence-corrected chi connectivity index (χ1v) is 8.89. The number of H-pyrrole nitrogens is 1. The molecule has 0 bridgehead atoms. The number of carbonyl (C=O) groups is 1. The van der Waals surface area contributed by atoms with Gasteiger partial charge < -0.3 is 5.32 Å². The van der Waals surface area contributed by atoms with E-state index in [2.05, 4.69) is 20.4 Å². The molecule has 25 heavy (non-hydrogen) atoms. The van der Waals surface area contributed by atoms with Crippen molar-refractivity contribution in [3.05, 3.63) is 53.6 Å². The van der Waals surface area contributed by atoms with E-state index >= 15 is 0 Å². The van der Waals surface area contributed by atoms with Gasteiger partial charge in [-0.25, -0.2) is 4.39 Å². The van der Waals surface area contributed by atoms with Gasteiger partial charge in [0.15, 0.2) is 0 Å². The Morgan fingerprint density at radius 2 is 2.20 bits per heavy atom. The molecule has 6 heteroatoms. The number of rotatable bonds is 6. The molecule has 2 N–H and O–H groups in total. The highest BCUT2D eigenvalue weighted by atomic mass is 19.1. The molecule has 5 nitrogen and oxygen atoms in total. The Bertz CT molecular complexity index is 671.